The molecule has 126 valence electrons. The number of benzene rings is 1. The Morgan fingerprint density at radius 1 is 1.17 bits per heavy atom. The van der Waals surface area contributed by atoms with E-state index in [0.29, 0.717) is 11.6 Å². The molecule has 0 spiro atoms. The zero-order valence-electron chi connectivity index (χ0n) is 14.1. The number of aromatic nitrogens is 5. The standard InChI is InChI=1S/C16H19BrN6O/c1-5-22(6-2)16-18-14-12(15(24)19-16)20-23(21-14)13-9(3)7-11(17)8-10(13)4/h7-8H,5-6H2,1-4H3,(H,18,19,21,24). The molecule has 0 atom stereocenters. The number of rotatable bonds is 4. The second-order valence-corrected chi connectivity index (χ2v) is 6.53. The lowest BCUT2D eigenvalue weighted by molar-refractivity contribution is 0.752. The molecule has 1 N–H and O–H groups in total. The molecule has 3 aromatic rings. The van der Waals surface area contributed by atoms with E-state index in [0.717, 1.165) is 34.4 Å². The first-order chi connectivity index (χ1) is 11.4. The van der Waals surface area contributed by atoms with Gasteiger partial charge in [-0.1, -0.05) is 15.9 Å². The van der Waals surface area contributed by atoms with E-state index in [1.165, 1.54) is 4.80 Å². The maximum atomic E-state index is 12.4. The molecule has 0 aliphatic carbocycles. The van der Waals surface area contributed by atoms with Crippen LogP contribution in [0.3, 0.4) is 0 Å². The fourth-order valence-electron chi connectivity index (χ4n) is 2.80. The van der Waals surface area contributed by atoms with Gasteiger partial charge in [0.15, 0.2) is 5.52 Å². The van der Waals surface area contributed by atoms with E-state index in [9.17, 15) is 4.79 Å². The quantitative estimate of drug-likeness (QED) is 0.740. The fraction of sp³-hybridized carbons (Fsp3) is 0.375. The van der Waals surface area contributed by atoms with Crippen LogP contribution in [0.4, 0.5) is 5.95 Å². The van der Waals surface area contributed by atoms with Crippen molar-refractivity contribution in [1.29, 1.82) is 0 Å². The van der Waals surface area contributed by atoms with E-state index in [4.69, 9.17) is 0 Å². The lowest BCUT2D eigenvalue weighted by atomic mass is 10.1. The second kappa shape index (κ2) is 6.35. The monoisotopic (exact) mass is 390 g/mol. The third-order valence-corrected chi connectivity index (χ3v) is 4.42. The topological polar surface area (TPSA) is 79.7 Å². The van der Waals surface area contributed by atoms with Crippen LogP contribution in [0.25, 0.3) is 16.9 Å². The highest BCUT2D eigenvalue weighted by atomic mass is 79.9. The lowest BCUT2D eigenvalue weighted by Crippen LogP contribution is -2.26. The van der Waals surface area contributed by atoms with Crippen LogP contribution in [0.5, 0.6) is 0 Å². The van der Waals surface area contributed by atoms with Gasteiger partial charge in [-0.25, -0.2) is 0 Å². The Morgan fingerprint density at radius 2 is 1.79 bits per heavy atom. The summed E-state index contributed by atoms with van der Waals surface area (Å²) in [5.41, 5.74) is 3.21. The number of nitrogens with zero attached hydrogens (tertiary/aromatic N) is 5. The smallest absolute Gasteiger partial charge is 0.282 e. The van der Waals surface area contributed by atoms with Crippen LogP contribution in [-0.2, 0) is 0 Å². The van der Waals surface area contributed by atoms with Gasteiger partial charge in [0.05, 0.1) is 5.69 Å². The molecule has 3 rings (SSSR count). The molecule has 0 unspecified atom stereocenters. The first-order valence-electron chi connectivity index (χ1n) is 7.84. The summed E-state index contributed by atoms with van der Waals surface area (Å²) in [6, 6.07) is 3.99. The summed E-state index contributed by atoms with van der Waals surface area (Å²) in [5, 5.41) is 8.79. The Hall–Kier alpha value is -2.22. The number of H-pyrrole nitrogens is 1. The van der Waals surface area contributed by atoms with Crippen LogP contribution in [0.2, 0.25) is 0 Å². The number of hydrogen-bond acceptors (Lipinski definition) is 5. The van der Waals surface area contributed by atoms with Gasteiger partial charge in [0.2, 0.25) is 11.6 Å². The summed E-state index contributed by atoms with van der Waals surface area (Å²) >= 11 is 3.48. The summed E-state index contributed by atoms with van der Waals surface area (Å²) in [6.45, 7) is 9.51. The molecule has 0 aliphatic heterocycles. The van der Waals surface area contributed by atoms with Crippen molar-refractivity contribution in [3.63, 3.8) is 0 Å². The Bertz CT molecular complexity index is 934. The van der Waals surface area contributed by atoms with E-state index >= 15 is 0 Å². The van der Waals surface area contributed by atoms with Crippen LogP contribution >= 0.6 is 15.9 Å². The molecule has 0 aliphatic rings. The Morgan fingerprint density at radius 3 is 2.38 bits per heavy atom. The minimum absolute atomic E-state index is 0.243. The van der Waals surface area contributed by atoms with Crippen LogP contribution in [0, 0.1) is 13.8 Å². The van der Waals surface area contributed by atoms with Crippen molar-refractivity contribution in [2.45, 2.75) is 27.7 Å². The minimum atomic E-state index is -0.277. The van der Waals surface area contributed by atoms with Crippen molar-refractivity contribution in [2.75, 3.05) is 18.0 Å². The number of hydrogen-bond donors (Lipinski definition) is 1. The van der Waals surface area contributed by atoms with E-state index < -0.39 is 0 Å². The number of fused-ring (bicyclic) bond motifs is 1. The molecular formula is C16H19BrN6O. The highest BCUT2D eigenvalue weighted by molar-refractivity contribution is 9.10. The Kier molecular flexibility index (Phi) is 4.40. The molecule has 8 heteroatoms. The summed E-state index contributed by atoms with van der Waals surface area (Å²) in [7, 11) is 0. The number of anilines is 1. The van der Waals surface area contributed by atoms with Crippen molar-refractivity contribution in [2.24, 2.45) is 0 Å². The Balaban J connectivity index is 2.20. The van der Waals surface area contributed by atoms with E-state index in [-0.39, 0.29) is 11.1 Å². The van der Waals surface area contributed by atoms with Gasteiger partial charge in [0.25, 0.3) is 5.56 Å². The molecule has 2 aromatic heterocycles. The van der Waals surface area contributed by atoms with Crippen molar-refractivity contribution >= 4 is 33.0 Å². The summed E-state index contributed by atoms with van der Waals surface area (Å²) in [4.78, 5) is 23.1. The number of halogens is 1. The SMILES string of the molecule is CCN(CC)c1nc2nn(-c3c(C)cc(Br)cc3C)nc2c(=O)[nH]1. The first kappa shape index (κ1) is 16.6. The van der Waals surface area contributed by atoms with Gasteiger partial charge in [-0.15, -0.1) is 15.0 Å². The van der Waals surface area contributed by atoms with Gasteiger partial charge in [-0.05, 0) is 51.0 Å². The zero-order valence-corrected chi connectivity index (χ0v) is 15.7. The van der Waals surface area contributed by atoms with Gasteiger partial charge in [0, 0.05) is 17.6 Å². The van der Waals surface area contributed by atoms with Gasteiger partial charge >= 0.3 is 0 Å². The van der Waals surface area contributed by atoms with Crippen LogP contribution in [-0.4, -0.2) is 38.1 Å². The third-order valence-electron chi connectivity index (χ3n) is 3.97. The molecule has 2 heterocycles. The molecule has 0 amide bonds. The van der Waals surface area contributed by atoms with Crippen LogP contribution in [0.15, 0.2) is 21.4 Å². The highest BCUT2D eigenvalue weighted by Gasteiger charge is 2.16. The molecule has 0 fully saturated rings. The molecular weight excluding hydrogens is 372 g/mol. The third kappa shape index (κ3) is 2.82. The molecule has 0 radical (unpaired) electrons. The molecule has 0 bridgehead atoms. The normalized spacial score (nSPS) is 11.2. The second-order valence-electron chi connectivity index (χ2n) is 5.61. The summed E-state index contributed by atoms with van der Waals surface area (Å²) in [6.07, 6.45) is 0. The van der Waals surface area contributed by atoms with Gasteiger partial charge < -0.3 is 4.90 Å². The minimum Gasteiger partial charge on any atom is -0.343 e. The summed E-state index contributed by atoms with van der Waals surface area (Å²) < 4.78 is 0.998. The molecule has 0 saturated carbocycles. The van der Waals surface area contributed by atoms with Crippen molar-refractivity contribution in [3.05, 3.63) is 38.1 Å². The number of aryl methyl sites for hydroxylation is 2. The summed E-state index contributed by atoms with van der Waals surface area (Å²) in [5.74, 6) is 0.522. The molecule has 0 saturated heterocycles. The van der Waals surface area contributed by atoms with Crippen molar-refractivity contribution in [1.82, 2.24) is 25.0 Å². The van der Waals surface area contributed by atoms with Gasteiger partial charge in [-0.2, -0.15) is 4.98 Å². The average molecular weight is 391 g/mol. The number of aromatic amines is 1. The maximum absolute atomic E-state index is 12.4. The molecule has 24 heavy (non-hydrogen) atoms. The largest absolute Gasteiger partial charge is 0.343 e. The van der Waals surface area contributed by atoms with Gasteiger partial charge in [-0.3, -0.25) is 9.78 Å². The average Bonchev–Trinajstić information content (AvgIpc) is 2.91. The number of nitrogens with one attached hydrogen (secondary N) is 1. The predicted octanol–water partition coefficient (Wildman–Crippen LogP) is 2.73. The maximum Gasteiger partial charge on any atom is 0.282 e. The van der Waals surface area contributed by atoms with Crippen LogP contribution < -0.4 is 10.5 Å². The van der Waals surface area contributed by atoms with Crippen molar-refractivity contribution in [3.8, 4) is 5.69 Å². The predicted molar refractivity (Wildman–Crippen MR) is 98.0 cm³/mol. The Labute approximate surface area is 147 Å². The fourth-order valence-corrected chi connectivity index (χ4v) is 3.49. The highest BCUT2D eigenvalue weighted by Crippen LogP contribution is 2.23. The zero-order chi connectivity index (χ0) is 17.4. The van der Waals surface area contributed by atoms with Gasteiger partial charge in [0.1, 0.15) is 0 Å². The van der Waals surface area contributed by atoms with Crippen LogP contribution in [0.1, 0.15) is 25.0 Å². The van der Waals surface area contributed by atoms with E-state index in [1.54, 1.807) is 0 Å². The van der Waals surface area contributed by atoms with E-state index in [2.05, 4.69) is 36.1 Å². The molecule has 1 aromatic carbocycles. The first-order valence-corrected chi connectivity index (χ1v) is 8.63. The van der Waals surface area contributed by atoms with E-state index in [1.807, 2.05) is 44.7 Å². The lowest BCUT2D eigenvalue weighted by Gasteiger charge is -2.18. The van der Waals surface area contributed by atoms with Crippen molar-refractivity contribution < 1.29 is 0 Å². The molecule has 7 nitrogen and oxygen atoms in total.